The molecule has 162 valence electrons. The largest absolute Gasteiger partial charge is 0.383 e. The van der Waals surface area contributed by atoms with Gasteiger partial charge in [-0.15, -0.1) is 0 Å². The number of carbonyl (C=O) groups is 1. The smallest absolute Gasteiger partial charge is 0.257 e. The number of carbonyl (C=O) groups excluding carboxylic acids is 1. The first-order valence-corrected chi connectivity index (χ1v) is 11.1. The molecule has 3 N–H and O–H groups in total. The number of hydrogen-bond acceptors (Lipinski definition) is 5. The maximum absolute atomic E-state index is 13.2. The van der Waals surface area contributed by atoms with Gasteiger partial charge in [0, 0.05) is 6.04 Å². The fraction of sp³-hybridized carbons (Fsp3) is 0.217. The van der Waals surface area contributed by atoms with E-state index in [4.69, 9.17) is 38.9 Å². The Hall–Kier alpha value is -3.16. The summed E-state index contributed by atoms with van der Waals surface area (Å²) in [6, 6.07) is 12.8. The first kappa shape index (κ1) is 20.7. The summed E-state index contributed by atoms with van der Waals surface area (Å²) in [5, 5.41) is 8.47. The van der Waals surface area contributed by atoms with E-state index in [0.717, 1.165) is 31.2 Å². The molecule has 0 spiro atoms. The minimum Gasteiger partial charge on any atom is -0.383 e. The van der Waals surface area contributed by atoms with Gasteiger partial charge in [-0.25, -0.2) is 9.97 Å². The lowest BCUT2D eigenvalue weighted by atomic mass is 10.2. The fourth-order valence-electron chi connectivity index (χ4n) is 4.03. The van der Waals surface area contributed by atoms with Crippen molar-refractivity contribution in [1.29, 1.82) is 0 Å². The zero-order chi connectivity index (χ0) is 22.2. The summed E-state index contributed by atoms with van der Waals surface area (Å²) in [6.45, 7) is 0. The van der Waals surface area contributed by atoms with Crippen LogP contribution < -0.4 is 11.1 Å². The summed E-state index contributed by atoms with van der Waals surface area (Å²) in [4.78, 5) is 22.6. The molecule has 9 heteroatoms. The summed E-state index contributed by atoms with van der Waals surface area (Å²) in [6.07, 6.45) is 5.75. The second-order valence-electron chi connectivity index (χ2n) is 7.83. The lowest BCUT2D eigenvalue weighted by Crippen LogP contribution is -2.33. The van der Waals surface area contributed by atoms with E-state index in [1.807, 2.05) is 24.3 Å². The molecule has 2 aromatic heterocycles. The van der Waals surface area contributed by atoms with Crippen molar-refractivity contribution in [2.75, 3.05) is 5.73 Å². The van der Waals surface area contributed by atoms with Crippen LogP contribution in [0.2, 0.25) is 10.0 Å². The van der Waals surface area contributed by atoms with Crippen molar-refractivity contribution in [2.45, 2.75) is 31.7 Å². The van der Waals surface area contributed by atoms with Crippen molar-refractivity contribution >= 4 is 63.3 Å². The Balaban J connectivity index is 1.64. The number of hydrogen-bond donors (Lipinski definition) is 2. The summed E-state index contributed by atoms with van der Waals surface area (Å²) >= 11 is 12.1. The molecule has 0 unspecified atom stereocenters. The number of anilines is 1. The molecule has 1 aliphatic carbocycles. The number of halogens is 2. The number of nitrogens with two attached hydrogens (primary N) is 1. The molecule has 0 radical (unpaired) electrons. The molecule has 7 nitrogen and oxygen atoms in total. The predicted octanol–water partition coefficient (Wildman–Crippen LogP) is 5.03. The van der Waals surface area contributed by atoms with Crippen LogP contribution in [0.5, 0.6) is 0 Å². The summed E-state index contributed by atoms with van der Waals surface area (Å²) < 4.78 is 1.45. The zero-order valence-electron chi connectivity index (χ0n) is 17.1. The summed E-state index contributed by atoms with van der Waals surface area (Å²) in [5.41, 5.74) is 9.65. The Labute approximate surface area is 194 Å². The molecule has 1 fully saturated rings. The fourth-order valence-corrected chi connectivity index (χ4v) is 4.34. The van der Waals surface area contributed by atoms with Crippen molar-refractivity contribution in [3.8, 4) is 0 Å². The van der Waals surface area contributed by atoms with Crippen LogP contribution in [0.3, 0.4) is 0 Å². The lowest BCUT2D eigenvalue weighted by Gasteiger charge is -2.11. The highest BCUT2D eigenvalue weighted by Gasteiger charge is 2.26. The number of fused-ring (bicyclic) bond motifs is 2. The zero-order valence-corrected chi connectivity index (χ0v) is 18.6. The van der Waals surface area contributed by atoms with Gasteiger partial charge in [-0.05, 0) is 42.7 Å². The van der Waals surface area contributed by atoms with Gasteiger partial charge in [0.25, 0.3) is 5.91 Å². The number of nitrogen functional groups attached to an aromatic ring is 1. The summed E-state index contributed by atoms with van der Waals surface area (Å²) in [5.74, 6) is -0.0745. The second-order valence-corrected chi connectivity index (χ2v) is 8.64. The van der Waals surface area contributed by atoms with Gasteiger partial charge in [0.2, 0.25) is 0 Å². The first-order valence-electron chi connectivity index (χ1n) is 10.4. The molecule has 1 aliphatic rings. The molecule has 0 atom stereocenters. The normalized spacial score (nSPS) is 14.7. The number of aromatic nitrogens is 3. The molecular weight excluding hydrogens is 447 g/mol. The maximum Gasteiger partial charge on any atom is 0.257 e. The van der Waals surface area contributed by atoms with E-state index in [-0.39, 0.29) is 23.3 Å². The van der Waals surface area contributed by atoms with E-state index in [2.05, 4.69) is 10.4 Å². The van der Waals surface area contributed by atoms with Crippen LogP contribution in [0.15, 0.2) is 47.6 Å². The average molecular weight is 467 g/mol. The van der Waals surface area contributed by atoms with Gasteiger partial charge in [-0.1, -0.05) is 54.2 Å². The molecule has 0 bridgehead atoms. The van der Waals surface area contributed by atoms with Crippen LogP contribution in [0.1, 0.15) is 41.6 Å². The maximum atomic E-state index is 13.2. The van der Waals surface area contributed by atoms with E-state index in [1.165, 1.54) is 4.68 Å². The van der Waals surface area contributed by atoms with E-state index in [1.54, 1.807) is 24.4 Å². The van der Waals surface area contributed by atoms with Crippen LogP contribution in [-0.4, -0.2) is 32.8 Å². The Kier molecular flexibility index (Phi) is 5.45. The van der Waals surface area contributed by atoms with Gasteiger partial charge in [-0.2, -0.15) is 9.78 Å². The van der Waals surface area contributed by atoms with Gasteiger partial charge in [-0.3, -0.25) is 4.79 Å². The highest BCUT2D eigenvalue weighted by atomic mass is 35.5. The standard InChI is InChI=1S/C23H20Cl2N6O/c24-15-10-9-13(11-16(15)25)12-27-31-21(26)19(23(32)28-14-5-1-2-6-14)20-22(31)30-18-8-4-3-7-17(18)29-20/h3-4,7-12,14H,1-2,5-6,26H2,(H,28,32). The molecule has 32 heavy (non-hydrogen) atoms. The Morgan fingerprint density at radius 2 is 1.81 bits per heavy atom. The average Bonchev–Trinajstić information content (AvgIpc) is 3.38. The monoisotopic (exact) mass is 466 g/mol. The molecule has 1 saturated carbocycles. The number of para-hydroxylation sites is 2. The van der Waals surface area contributed by atoms with Gasteiger partial charge in [0.15, 0.2) is 5.65 Å². The molecule has 1 amide bonds. The van der Waals surface area contributed by atoms with Crippen molar-refractivity contribution < 1.29 is 4.79 Å². The number of nitrogens with zero attached hydrogens (tertiary/aromatic N) is 4. The molecule has 0 saturated heterocycles. The second kappa shape index (κ2) is 8.41. The van der Waals surface area contributed by atoms with Crippen molar-refractivity contribution in [2.24, 2.45) is 5.10 Å². The molecular formula is C23H20Cl2N6O. The minimum absolute atomic E-state index is 0.147. The van der Waals surface area contributed by atoms with Gasteiger partial charge < -0.3 is 11.1 Å². The molecule has 5 rings (SSSR count). The molecule has 2 heterocycles. The van der Waals surface area contributed by atoms with Crippen LogP contribution in [0, 0.1) is 0 Å². The minimum atomic E-state index is -0.257. The molecule has 4 aromatic rings. The van der Waals surface area contributed by atoms with Crippen molar-refractivity contribution in [3.63, 3.8) is 0 Å². The number of rotatable bonds is 4. The highest BCUT2D eigenvalue weighted by Crippen LogP contribution is 2.29. The third-order valence-electron chi connectivity index (χ3n) is 5.66. The predicted molar refractivity (Wildman–Crippen MR) is 129 cm³/mol. The van der Waals surface area contributed by atoms with Gasteiger partial charge in [0.05, 0.1) is 27.3 Å². The number of nitrogens with one attached hydrogen (secondary N) is 1. The van der Waals surface area contributed by atoms with Gasteiger partial charge >= 0.3 is 0 Å². The third-order valence-corrected chi connectivity index (χ3v) is 6.40. The van der Waals surface area contributed by atoms with Crippen LogP contribution >= 0.6 is 23.2 Å². The van der Waals surface area contributed by atoms with E-state index < -0.39 is 0 Å². The Morgan fingerprint density at radius 1 is 1.09 bits per heavy atom. The third kappa shape index (κ3) is 3.78. The van der Waals surface area contributed by atoms with E-state index in [9.17, 15) is 4.79 Å². The Morgan fingerprint density at radius 3 is 2.53 bits per heavy atom. The van der Waals surface area contributed by atoms with Crippen LogP contribution in [0.25, 0.3) is 22.2 Å². The molecule has 2 aromatic carbocycles. The van der Waals surface area contributed by atoms with E-state index in [0.29, 0.717) is 32.2 Å². The number of amides is 1. The topological polar surface area (TPSA) is 98.2 Å². The SMILES string of the molecule is Nc1c(C(=O)NC2CCCC2)c2nc3ccccc3nc2n1N=Cc1ccc(Cl)c(Cl)c1. The summed E-state index contributed by atoms with van der Waals surface area (Å²) in [7, 11) is 0. The van der Waals surface area contributed by atoms with Gasteiger partial charge in [0.1, 0.15) is 16.9 Å². The van der Waals surface area contributed by atoms with Crippen molar-refractivity contribution in [3.05, 3.63) is 63.6 Å². The first-order chi connectivity index (χ1) is 15.5. The Bertz CT molecular complexity index is 1370. The van der Waals surface area contributed by atoms with Crippen LogP contribution in [-0.2, 0) is 0 Å². The van der Waals surface area contributed by atoms with Crippen molar-refractivity contribution in [1.82, 2.24) is 20.0 Å². The quantitative estimate of drug-likeness (QED) is 0.412. The molecule has 0 aliphatic heterocycles. The van der Waals surface area contributed by atoms with E-state index >= 15 is 0 Å². The highest BCUT2D eigenvalue weighted by molar-refractivity contribution is 6.42. The number of benzene rings is 2. The lowest BCUT2D eigenvalue weighted by molar-refractivity contribution is 0.0940. The van der Waals surface area contributed by atoms with Crippen LogP contribution in [0.4, 0.5) is 5.82 Å².